The molecule has 1 saturated carbocycles. The molecule has 3 heterocycles. The lowest BCUT2D eigenvalue weighted by Gasteiger charge is -2.55. The lowest BCUT2D eigenvalue weighted by Crippen LogP contribution is -2.66. The van der Waals surface area contributed by atoms with Gasteiger partial charge in [-0.2, -0.15) is 18.2 Å². The Balaban J connectivity index is 1.39. The monoisotopic (exact) mass is 446 g/mol. The van der Waals surface area contributed by atoms with Crippen molar-refractivity contribution in [2.45, 2.75) is 25.1 Å². The number of fused-ring (bicyclic) bond motifs is 2. The molecule has 0 N–H and O–H groups in total. The topological polar surface area (TPSA) is 59.1 Å². The minimum atomic E-state index is -4.53. The fourth-order valence-corrected chi connectivity index (χ4v) is 5.14. The van der Waals surface area contributed by atoms with Crippen LogP contribution in [0.2, 0.25) is 0 Å². The Labute approximate surface area is 182 Å². The van der Waals surface area contributed by atoms with E-state index in [4.69, 9.17) is 9.57 Å². The van der Waals surface area contributed by atoms with Gasteiger partial charge in [0.2, 0.25) is 0 Å². The Morgan fingerprint density at radius 2 is 1.84 bits per heavy atom. The van der Waals surface area contributed by atoms with Gasteiger partial charge in [-0.05, 0) is 49.1 Å². The number of nitrogens with zero attached hydrogens (tertiary/aromatic N) is 2. The molecule has 4 atom stereocenters. The number of halogens is 3. The molecule has 2 bridgehead atoms. The molecule has 0 spiro atoms. The van der Waals surface area contributed by atoms with Gasteiger partial charge in [-0.3, -0.25) is 9.63 Å². The number of rotatable bonds is 2. The maximum atomic E-state index is 13.4. The van der Waals surface area contributed by atoms with E-state index in [2.05, 4.69) is 0 Å². The van der Waals surface area contributed by atoms with E-state index in [0.29, 0.717) is 18.7 Å². The fourth-order valence-electron chi connectivity index (χ4n) is 5.14. The zero-order chi connectivity index (χ0) is 22.5. The highest BCUT2D eigenvalue weighted by Crippen LogP contribution is 2.47. The summed E-state index contributed by atoms with van der Waals surface area (Å²) in [5.41, 5.74) is -0.824. The molecule has 2 aromatic rings. The van der Waals surface area contributed by atoms with Gasteiger partial charge in [0.15, 0.2) is 0 Å². The molecule has 6 nitrogen and oxygen atoms in total. The molecular weight excluding hydrogens is 425 g/mol. The number of carbonyl (C=O) groups excluding carboxylic acids is 2. The molecule has 4 fully saturated rings. The molecule has 32 heavy (non-hydrogen) atoms. The summed E-state index contributed by atoms with van der Waals surface area (Å²) < 4.78 is 44.9. The zero-order valence-corrected chi connectivity index (χ0v) is 17.0. The standard InChI is InChI=1S/C23H21F3N2O4/c24-23(25,26)15-5-4-6-16(11-15)28-21(29)20-18(13-31-28)14-9-10-19(20)27(12-14)22(30)32-17-7-2-1-3-8-17/h1-8,11,14,18-20H,9-10,12-13H2/t14?,18-,19?,20-/m0/s1. The number of para-hydroxylation sites is 1. The number of ether oxygens (including phenoxy) is 1. The quantitative estimate of drug-likeness (QED) is 0.681. The molecule has 3 saturated heterocycles. The minimum absolute atomic E-state index is 0.0307. The van der Waals surface area contributed by atoms with Crippen LogP contribution in [0, 0.1) is 17.8 Å². The summed E-state index contributed by atoms with van der Waals surface area (Å²) in [7, 11) is 0. The molecule has 2 amide bonds. The van der Waals surface area contributed by atoms with Crippen LogP contribution in [0.25, 0.3) is 0 Å². The number of amides is 2. The smallest absolute Gasteiger partial charge is 0.410 e. The van der Waals surface area contributed by atoms with Crippen molar-refractivity contribution in [3.05, 3.63) is 60.2 Å². The SMILES string of the molecule is O=C1[C@@H]2C3CCC(CN3C(=O)Oc3ccccc3)[C@@H]2CON1c1cccc(C(F)(F)F)c1. The van der Waals surface area contributed by atoms with E-state index < -0.39 is 29.7 Å². The third kappa shape index (κ3) is 3.60. The molecule has 168 valence electrons. The van der Waals surface area contributed by atoms with Gasteiger partial charge in [0.05, 0.1) is 23.8 Å². The van der Waals surface area contributed by atoms with Crippen molar-refractivity contribution in [1.82, 2.24) is 4.90 Å². The van der Waals surface area contributed by atoms with E-state index in [9.17, 15) is 22.8 Å². The Kier molecular flexibility index (Phi) is 5.08. The molecule has 4 aliphatic rings. The second-order valence-corrected chi connectivity index (χ2v) is 8.40. The Morgan fingerprint density at radius 3 is 2.59 bits per heavy atom. The predicted octanol–water partition coefficient (Wildman–Crippen LogP) is 4.51. The third-order valence-corrected chi connectivity index (χ3v) is 6.62. The van der Waals surface area contributed by atoms with Gasteiger partial charge in [0.25, 0.3) is 5.91 Å². The van der Waals surface area contributed by atoms with Crippen LogP contribution in [0.5, 0.6) is 5.75 Å². The average Bonchev–Trinajstić information content (AvgIpc) is 2.80. The molecule has 6 rings (SSSR count). The maximum absolute atomic E-state index is 13.4. The number of alkyl halides is 3. The van der Waals surface area contributed by atoms with Gasteiger partial charge in [0.1, 0.15) is 5.75 Å². The first-order valence-electron chi connectivity index (χ1n) is 10.5. The van der Waals surface area contributed by atoms with Crippen LogP contribution in [0.15, 0.2) is 54.6 Å². The number of carbonyl (C=O) groups is 2. The van der Waals surface area contributed by atoms with Crippen LogP contribution in [-0.2, 0) is 15.8 Å². The summed E-state index contributed by atoms with van der Waals surface area (Å²) in [5.74, 6) is -0.564. The molecule has 2 unspecified atom stereocenters. The van der Waals surface area contributed by atoms with E-state index in [-0.39, 0.29) is 30.2 Å². The lowest BCUT2D eigenvalue weighted by molar-refractivity contribution is -0.159. The van der Waals surface area contributed by atoms with Crippen LogP contribution in [-0.4, -0.2) is 36.1 Å². The van der Waals surface area contributed by atoms with Gasteiger partial charge < -0.3 is 9.64 Å². The Bertz CT molecular complexity index is 1030. The van der Waals surface area contributed by atoms with Gasteiger partial charge in [-0.15, -0.1) is 0 Å². The van der Waals surface area contributed by atoms with Gasteiger partial charge in [-0.25, -0.2) is 4.79 Å². The molecule has 0 radical (unpaired) electrons. The summed E-state index contributed by atoms with van der Waals surface area (Å²) in [6.07, 6.45) is -3.55. The summed E-state index contributed by atoms with van der Waals surface area (Å²) >= 11 is 0. The number of hydrogen-bond donors (Lipinski definition) is 0. The molecule has 3 aliphatic heterocycles. The van der Waals surface area contributed by atoms with E-state index in [1.54, 1.807) is 29.2 Å². The molecule has 2 aromatic carbocycles. The predicted molar refractivity (Wildman–Crippen MR) is 108 cm³/mol. The van der Waals surface area contributed by atoms with E-state index in [1.165, 1.54) is 12.1 Å². The number of piperidine rings is 2. The van der Waals surface area contributed by atoms with Crippen LogP contribution < -0.4 is 9.80 Å². The number of anilines is 1. The molecular formula is C23H21F3N2O4. The van der Waals surface area contributed by atoms with Crippen LogP contribution in [0.3, 0.4) is 0 Å². The second-order valence-electron chi connectivity index (χ2n) is 8.40. The summed E-state index contributed by atoms with van der Waals surface area (Å²) in [4.78, 5) is 33.5. The number of hydroxylamine groups is 1. The van der Waals surface area contributed by atoms with Crippen molar-refractivity contribution in [3.63, 3.8) is 0 Å². The van der Waals surface area contributed by atoms with Crippen molar-refractivity contribution in [2.24, 2.45) is 17.8 Å². The highest BCUT2D eigenvalue weighted by atomic mass is 19.4. The third-order valence-electron chi connectivity index (χ3n) is 6.62. The van der Waals surface area contributed by atoms with Crippen molar-refractivity contribution in [2.75, 3.05) is 18.2 Å². The molecule has 9 heteroatoms. The Hall–Kier alpha value is -3.07. The molecule has 0 aromatic heterocycles. The van der Waals surface area contributed by atoms with Crippen molar-refractivity contribution in [3.8, 4) is 5.75 Å². The van der Waals surface area contributed by atoms with Gasteiger partial charge >= 0.3 is 12.3 Å². The van der Waals surface area contributed by atoms with Crippen molar-refractivity contribution < 1.29 is 32.3 Å². The summed E-state index contributed by atoms with van der Waals surface area (Å²) in [6, 6.07) is 12.8. The minimum Gasteiger partial charge on any atom is -0.410 e. The maximum Gasteiger partial charge on any atom is 0.416 e. The van der Waals surface area contributed by atoms with E-state index in [0.717, 1.165) is 23.6 Å². The highest BCUT2D eigenvalue weighted by Gasteiger charge is 2.56. The number of benzene rings is 2. The fraction of sp³-hybridized carbons (Fsp3) is 0.391. The largest absolute Gasteiger partial charge is 0.416 e. The number of hydrogen-bond acceptors (Lipinski definition) is 4. The first-order chi connectivity index (χ1) is 15.3. The normalized spacial score (nSPS) is 27.3. The van der Waals surface area contributed by atoms with Crippen LogP contribution in [0.1, 0.15) is 18.4 Å². The lowest BCUT2D eigenvalue weighted by atomic mass is 9.64. The van der Waals surface area contributed by atoms with Crippen molar-refractivity contribution >= 4 is 17.7 Å². The highest BCUT2D eigenvalue weighted by molar-refractivity contribution is 5.95. The first-order valence-corrected chi connectivity index (χ1v) is 10.5. The zero-order valence-electron chi connectivity index (χ0n) is 17.0. The Morgan fingerprint density at radius 1 is 1.06 bits per heavy atom. The van der Waals surface area contributed by atoms with Gasteiger partial charge in [0, 0.05) is 18.5 Å². The van der Waals surface area contributed by atoms with Crippen molar-refractivity contribution in [1.29, 1.82) is 0 Å². The molecule has 1 aliphatic carbocycles. The first kappa shape index (κ1) is 20.8. The van der Waals surface area contributed by atoms with Gasteiger partial charge in [-0.1, -0.05) is 24.3 Å². The van der Waals surface area contributed by atoms with Crippen LogP contribution in [0.4, 0.5) is 23.7 Å². The summed E-state index contributed by atoms with van der Waals surface area (Å²) in [6.45, 7) is 0.688. The van der Waals surface area contributed by atoms with E-state index >= 15 is 0 Å². The second kappa shape index (κ2) is 7.81. The average molecular weight is 446 g/mol. The summed E-state index contributed by atoms with van der Waals surface area (Å²) in [5, 5.41) is 0.956. The van der Waals surface area contributed by atoms with E-state index in [1.807, 2.05) is 6.07 Å². The van der Waals surface area contributed by atoms with Crippen LogP contribution >= 0.6 is 0 Å².